The van der Waals surface area contributed by atoms with E-state index in [1.807, 2.05) is 30.3 Å². The maximum atomic E-state index is 12.4. The molecule has 1 heterocycles. The van der Waals surface area contributed by atoms with Gasteiger partial charge in [-0.05, 0) is 24.6 Å². The Kier molecular flexibility index (Phi) is 8.52. The quantitative estimate of drug-likeness (QED) is 0.525. The van der Waals surface area contributed by atoms with Crippen molar-refractivity contribution >= 4 is 21.7 Å². The lowest BCUT2D eigenvalue weighted by molar-refractivity contribution is -0.121. The highest BCUT2D eigenvalue weighted by Gasteiger charge is 2.23. The van der Waals surface area contributed by atoms with Gasteiger partial charge in [0.25, 0.3) is 0 Å². The van der Waals surface area contributed by atoms with E-state index in [1.54, 1.807) is 0 Å². The maximum absolute atomic E-state index is 12.4. The van der Waals surface area contributed by atoms with Crippen LogP contribution in [0.15, 0.2) is 59.5 Å². The third-order valence-corrected chi connectivity index (χ3v) is 6.86. The molecular weight excluding hydrogens is 430 g/mol. The molecule has 1 atom stereocenters. The lowest BCUT2D eigenvalue weighted by Gasteiger charge is -2.35. The molecule has 1 fully saturated rings. The van der Waals surface area contributed by atoms with Gasteiger partial charge in [0.05, 0.1) is 24.2 Å². The van der Waals surface area contributed by atoms with Crippen LogP contribution in [0.2, 0.25) is 0 Å². The fourth-order valence-electron chi connectivity index (χ4n) is 3.57. The summed E-state index contributed by atoms with van der Waals surface area (Å²) < 4.78 is 32.7. The van der Waals surface area contributed by atoms with Gasteiger partial charge in [-0.3, -0.25) is 14.5 Å². The van der Waals surface area contributed by atoms with E-state index in [1.165, 1.54) is 31.2 Å². The summed E-state index contributed by atoms with van der Waals surface area (Å²) in [6.45, 7) is 4.73. The summed E-state index contributed by atoms with van der Waals surface area (Å²) in [4.78, 5) is 26.1. The average Bonchev–Trinajstić information content (AvgIpc) is 2.80. The summed E-state index contributed by atoms with van der Waals surface area (Å²) in [6, 6.07) is 15.7. The Labute approximate surface area is 189 Å². The van der Waals surface area contributed by atoms with Gasteiger partial charge in [-0.2, -0.15) is 0 Å². The number of sulfonamides is 1. The first-order valence-electron chi connectivity index (χ1n) is 10.6. The second-order valence-corrected chi connectivity index (χ2v) is 9.37. The van der Waals surface area contributed by atoms with Crippen molar-refractivity contribution in [1.82, 2.24) is 14.9 Å². The van der Waals surface area contributed by atoms with E-state index in [4.69, 9.17) is 4.74 Å². The molecule has 2 aromatic carbocycles. The molecule has 3 rings (SSSR count). The van der Waals surface area contributed by atoms with Crippen LogP contribution in [-0.2, 0) is 19.6 Å². The molecule has 0 radical (unpaired) electrons. The maximum Gasteiger partial charge on any atom is 0.240 e. The van der Waals surface area contributed by atoms with Crippen molar-refractivity contribution in [1.29, 1.82) is 0 Å². The Balaban J connectivity index is 1.51. The smallest absolute Gasteiger partial charge is 0.240 e. The molecule has 2 N–H and O–H groups in total. The average molecular weight is 460 g/mol. The minimum absolute atomic E-state index is 0.0177. The summed E-state index contributed by atoms with van der Waals surface area (Å²) >= 11 is 0. The number of ketones is 1. The molecular formula is C23H29N3O5S. The fourth-order valence-corrected chi connectivity index (χ4v) is 4.60. The van der Waals surface area contributed by atoms with Crippen molar-refractivity contribution in [3.8, 4) is 0 Å². The number of carbonyl (C=O) groups excluding carboxylic acids is 2. The number of hydrogen-bond acceptors (Lipinski definition) is 6. The lowest BCUT2D eigenvalue weighted by Crippen LogP contribution is -2.44. The highest BCUT2D eigenvalue weighted by molar-refractivity contribution is 7.89. The number of Topliss-reactive ketones (excluding diaryl/α,β-unsaturated/α-hetero) is 1. The lowest BCUT2D eigenvalue weighted by atomic mass is 10.0. The van der Waals surface area contributed by atoms with Crippen molar-refractivity contribution in [2.75, 3.05) is 39.4 Å². The number of carbonyl (C=O) groups is 2. The zero-order chi connectivity index (χ0) is 23.0. The number of morpholine rings is 1. The van der Waals surface area contributed by atoms with Crippen LogP contribution < -0.4 is 10.0 Å². The van der Waals surface area contributed by atoms with Crippen molar-refractivity contribution in [3.05, 3.63) is 65.7 Å². The number of benzene rings is 2. The summed E-state index contributed by atoms with van der Waals surface area (Å²) in [5, 5.41) is 2.93. The van der Waals surface area contributed by atoms with Crippen LogP contribution in [0, 0.1) is 0 Å². The van der Waals surface area contributed by atoms with E-state index in [0.717, 1.165) is 18.7 Å². The Hall–Kier alpha value is -2.59. The minimum atomic E-state index is -3.75. The third-order valence-electron chi connectivity index (χ3n) is 5.38. The van der Waals surface area contributed by atoms with Crippen LogP contribution in [0.5, 0.6) is 0 Å². The van der Waals surface area contributed by atoms with Crippen molar-refractivity contribution in [2.24, 2.45) is 0 Å². The molecule has 1 saturated heterocycles. The third kappa shape index (κ3) is 6.70. The van der Waals surface area contributed by atoms with Crippen LogP contribution in [-0.4, -0.2) is 64.4 Å². The highest BCUT2D eigenvalue weighted by atomic mass is 32.2. The summed E-state index contributed by atoms with van der Waals surface area (Å²) in [6.07, 6.45) is 0.0232. The first-order valence-corrected chi connectivity index (χ1v) is 12.1. The molecule has 0 aromatic heterocycles. The van der Waals surface area contributed by atoms with E-state index in [0.29, 0.717) is 25.3 Å². The van der Waals surface area contributed by atoms with Crippen molar-refractivity contribution in [3.63, 3.8) is 0 Å². The summed E-state index contributed by atoms with van der Waals surface area (Å²) in [5.74, 6) is -0.363. The van der Waals surface area contributed by atoms with E-state index in [2.05, 4.69) is 14.9 Å². The van der Waals surface area contributed by atoms with Gasteiger partial charge >= 0.3 is 0 Å². The Morgan fingerprint density at radius 1 is 1.03 bits per heavy atom. The van der Waals surface area contributed by atoms with Crippen molar-refractivity contribution < 1.29 is 22.7 Å². The second-order valence-electron chi connectivity index (χ2n) is 7.61. The van der Waals surface area contributed by atoms with Crippen LogP contribution in [0.4, 0.5) is 0 Å². The monoisotopic (exact) mass is 459 g/mol. The Morgan fingerprint density at radius 3 is 2.31 bits per heavy atom. The molecule has 172 valence electrons. The van der Waals surface area contributed by atoms with Gasteiger partial charge in [-0.1, -0.05) is 42.5 Å². The molecule has 1 amide bonds. The Bertz CT molecular complexity index is 1000. The van der Waals surface area contributed by atoms with Crippen molar-refractivity contribution in [2.45, 2.75) is 24.3 Å². The molecule has 9 heteroatoms. The molecule has 32 heavy (non-hydrogen) atoms. The normalized spacial score (nSPS) is 15.8. The van der Waals surface area contributed by atoms with Gasteiger partial charge in [0.1, 0.15) is 0 Å². The highest BCUT2D eigenvalue weighted by Crippen LogP contribution is 2.21. The van der Waals surface area contributed by atoms with E-state index in [9.17, 15) is 18.0 Å². The number of nitrogens with one attached hydrogen (secondary N) is 2. The van der Waals surface area contributed by atoms with Gasteiger partial charge in [0.15, 0.2) is 5.78 Å². The fraction of sp³-hybridized carbons (Fsp3) is 0.391. The first-order chi connectivity index (χ1) is 15.4. The molecule has 0 aliphatic carbocycles. The topological polar surface area (TPSA) is 105 Å². The summed E-state index contributed by atoms with van der Waals surface area (Å²) in [5.41, 5.74) is 1.56. The predicted octanol–water partition coefficient (Wildman–Crippen LogP) is 1.75. The largest absolute Gasteiger partial charge is 0.379 e. The van der Waals surface area contributed by atoms with Crippen LogP contribution in [0.25, 0.3) is 0 Å². The van der Waals surface area contributed by atoms with E-state index in [-0.39, 0.29) is 35.6 Å². The van der Waals surface area contributed by atoms with Gasteiger partial charge in [-0.25, -0.2) is 13.1 Å². The van der Waals surface area contributed by atoms with Gasteiger partial charge in [0, 0.05) is 38.2 Å². The first kappa shape index (κ1) is 24.1. The minimum Gasteiger partial charge on any atom is -0.379 e. The SMILES string of the molecule is CC(=O)c1ccc(S(=O)(=O)NCCC(=O)NCC(c2ccccc2)N2CCOCC2)cc1. The molecule has 0 saturated carbocycles. The van der Waals surface area contributed by atoms with Gasteiger partial charge in [-0.15, -0.1) is 0 Å². The molecule has 1 aliphatic rings. The molecule has 1 unspecified atom stereocenters. The molecule has 0 bridgehead atoms. The van der Waals surface area contributed by atoms with E-state index < -0.39 is 10.0 Å². The molecule has 0 spiro atoms. The number of hydrogen-bond donors (Lipinski definition) is 2. The number of ether oxygens (including phenoxy) is 1. The standard InChI is InChI=1S/C23H29N3O5S/c1-18(27)19-7-9-21(10-8-19)32(29,30)25-12-11-23(28)24-17-22(20-5-3-2-4-6-20)26-13-15-31-16-14-26/h2-10,22,25H,11-17H2,1H3,(H,24,28). The molecule has 2 aromatic rings. The molecule has 8 nitrogen and oxygen atoms in total. The van der Waals surface area contributed by atoms with Gasteiger partial charge < -0.3 is 10.1 Å². The zero-order valence-electron chi connectivity index (χ0n) is 18.1. The number of amides is 1. The van der Waals surface area contributed by atoms with Gasteiger partial charge in [0.2, 0.25) is 15.9 Å². The van der Waals surface area contributed by atoms with Crippen LogP contribution in [0.1, 0.15) is 35.3 Å². The second kappa shape index (κ2) is 11.3. The molecule has 1 aliphatic heterocycles. The zero-order valence-corrected chi connectivity index (χ0v) is 18.9. The number of rotatable bonds is 10. The van der Waals surface area contributed by atoms with Crippen LogP contribution >= 0.6 is 0 Å². The predicted molar refractivity (Wildman–Crippen MR) is 121 cm³/mol. The Morgan fingerprint density at radius 2 is 1.69 bits per heavy atom. The van der Waals surface area contributed by atoms with E-state index >= 15 is 0 Å². The van der Waals surface area contributed by atoms with Crippen LogP contribution in [0.3, 0.4) is 0 Å². The summed E-state index contributed by atoms with van der Waals surface area (Å²) in [7, 11) is -3.75. The number of nitrogens with zero attached hydrogens (tertiary/aromatic N) is 1.